The molecule has 0 aliphatic heterocycles. The molecule has 0 heterocycles. The molecule has 0 fully saturated rings. The summed E-state index contributed by atoms with van der Waals surface area (Å²) in [5, 5.41) is 12.2. The number of carbonyl (C=O) groups is 2. The van der Waals surface area contributed by atoms with Crippen molar-refractivity contribution in [3.8, 4) is 0 Å². The molecule has 1 aromatic rings. The number of esters is 1. The SMILES string of the molecule is Cc1ccc(CO)cc1C[C@@H](CC(=O)OC(C)(C)C)N[B]C=O. The van der Waals surface area contributed by atoms with E-state index in [9.17, 15) is 14.7 Å². The zero-order chi connectivity index (χ0) is 17.5. The van der Waals surface area contributed by atoms with Gasteiger partial charge in [0.2, 0.25) is 0 Å². The van der Waals surface area contributed by atoms with Crippen molar-refractivity contribution in [1.82, 2.24) is 5.23 Å². The van der Waals surface area contributed by atoms with Gasteiger partial charge in [0.15, 0.2) is 0 Å². The molecular weight excluding hydrogens is 293 g/mol. The molecule has 1 atom stereocenters. The zero-order valence-corrected chi connectivity index (χ0v) is 14.3. The van der Waals surface area contributed by atoms with Crippen LogP contribution in [0.4, 0.5) is 0 Å². The topological polar surface area (TPSA) is 75.6 Å². The second-order valence-corrected chi connectivity index (χ2v) is 6.58. The van der Waals surface area contributed by atoms with Crippen LogP contribution in [0.25, 0.3) is 0 Å². The summed E-state index contributed by atoms with van der Waals surface area (Å²) in [6.45, 7) is 7.40. The summed E-state index contributed by atoms with van der Waals surface area (Å²) in [7, 11) is 1.29. The first-order valence-electron chi connectivity index (χ1n) is 7.69. The predicted octanol–water partition coefficient (Wildman–Crippen LogP) is 1.53. The number of hydrogen-bond acceptors (Lipinski definition) is 5. The maximum Gasteiger partial charge on any atom is 0.307 e. The van der Waals surface area contributed by atoms with Crippen LogP contribution in [0, 0.1) is 6.92 Å². The van der Waals surface area contributed by atoms with Crippen molar-refractivity contribution in [2.24, 2.45) is 0 Å². The minimum absolute atomic E-state index is 0.0299. The van der Waals surface area contributed by atoms with Gasteiger partial charge < -0.3 is 19.9 Å². The predicted molar refractivity (Wildman–Crippen MR) is 90.7 cm³/mol. The van der Waals surface area contributed by atoms with E-state index in [1.165, 1.54) is 7.41 Å². The van der Waals surface area contributed by atoms with Crippen molar-refractivity contribution in [1.29, 1.82) is 0 Å². The van der Waals surface area contributed by atoms with E-state index >= 15 is 0 Å². The van der Waals surface area contributed by atoms with Gasteiger partial charge in [-0.25, -0.2) is 0 Å². The number of nitrogens with one attached hydrogen (secondary N) is 1. The molecule has 1 rings (SSSR count). The number of aliphatic hydroxyl groups excluding tert-OH is 1. The van der Waals surface area contributed by atoms with Crippen LogP contribution in [0.5, 0.6) is 0 Å². The Labute approximate surface area is 138 Å². The smallest absolute Gasteiger partial charge is 0.307 e. The third-order valence-electron chi connectivity index (χ3n) is 3.30. The van der Waals surface area contributed by atoms with Crippen LogP contribution in [0.15, 0.2) is 18.2 Å². The van der Waals surface area contributed by atoms with Crippen molar-refractivity contribution in [3.05, 3.63) is 34.9 Å². The highest BCUT2D eigenvalue weighted by molar-refractivity contribution is 6.64. The summed E-state index contributed by atoms with van der Waals surface area (Å²) in [6.07, 6.45) is 1.37. The van der Waals surface area contributed by atoms with Crippen molar-refractivity contribution in [3.63, 3.8) is 0 Å². The molecule has 23 heavy (non-hydrogen) atoms. The Hall–Kier alpha value is -1.66. The summed E-state index contributed by atoms with van der Waals surface area (Å²) in [6, 6.07) is 5.48. The van der Waals surface area contributed by atoms with Gasteiger partial charge in [-0.15, -0.1) is 0 Å². The zero-order valence-electron chi connectivity index (χ0n) is 14.3. The molecule has 0 bridgehead atoms. The Morgan fingerprint density at radius 1 is 1.43 bits per heavy atom. The van der Waals surface area contributed by atoms with Gasteiger partial charge in [-0.1, -0.05) is 18.2 Å². The van der Waals surface area contributed by atoms with Gasteiger partial charge in [0.1, 0.15) is 5.60 Å². The average Bonchev–Trinajstić information content (AvgIpc) is 2.45. The van der Waals surface area contributed by atoms with Gasteiger partial charge in [-0.3, -0.25) is 4.79 Å². The van der Waals surface area contributed by atoms with Gasteiger partial charge in [0.05, 0.1) is 19.2 Å². The average molecular weight is 318 g/mol. The van der Waals surface area contributed by atoms with E-state index in [4.69, 9.17) is 4.74 Å². The van der Waals surface area contributed by atoms with Crippen molar-refractivity contribution < 1.29 is 19.4 Å². The highest BCUT2D eigenvalue weighted by Gasteiger charge is 2.21. The molecule has 0 saturated heterocycles. The molecule has 0 aromatic heterocycles. The first-order valence-corrected chi connectivity index (χ1v) is 7.69. The Kier molecular flexibility index (Phi) is 7.45. The molecule has 0 unspecified atom stereocenters. The lowest BCUT2D eigenvalue weighted by atomic mass is 9.91. The van der Waals surface area contributed by atoms with Crippen molar-refractivity contribution >= 4 is 19.6 Å². The van der Waals surface area contributed by atoms with E-state index in [1.807, 2.05) is 45.9 Å². The van der Waals surface area contributed by atoms with Crippen LogP contribution in [0.1, 0.15) is 43.9 Å². The van der Waals surface area contributed by atoms with E-state index in [-0.39, 0.29) is 25.0 Å². The number of carbonyl (C=O) groups excluding carboxylic acids is 2. The van der Waals surface area contributed by atoms with Crippen LogP contribution < -0.4 is 5.23 Å². The maximum absolute atomic E-state index is 12.0. The Balaban J connectivity index is 2.81. The second kappa shape index (κ2) is 8.84. The number of hydrogen-bond donors (Lipinski definition) is 2. The number of aliphatic hydroxyl groups is 1. The molecule has 0 aliphatic carbocycles. The van der Waals surface area contributed by atoms with Gasteiger partial charge in [0.25, 0.3) is 7.41 Å². The lowest BCUT2D eigenvalue weighted by Crippen LogP contribution is -2.38. The molecule has 0 aliphatic rings. The van der Waals surface area contributed by atoms with E-state index in [0.29, 0.717) is 12.6 Å². The Morgan fingerprint density at radius 3 is 2.70 bits per heavy atom. The summed E-state index contributed by atoms with van der Waals surface area (Å²) in [5.41, 5.74) is 2.38. The van der Waals surface area contributed by atoms with Crippen molar-refractivity contribution in [2.45, 2.75) is 58.8 Å². The fourth-order valence-electron chi connectivity index (χ4n) is 2.26. The maximum atomic E-state index is 12.0. The van der Waals surface area contributed by atoms with Gasteiger partial charge >= 0.3 is 5.97 Å². The Morgan fingerprint density at radius 2 is 2.13 bits per heavy atom. The molecule has 0 saturated carbocycles. The summed E-state index contributed by atoms with van der Waals surface area (Å²) in [5.74, 6) is -0.315. The number of benzene rings is 1. The molecule has 0 amide bonds. The molecule has 0 spiro atoms. The minimum atomic E-state index is -0.539. The quantitative estimate of drug-likeness (QED) is 0.432. The summed E-state index contributed by atoms with van der Waals surface area (Å²) < 4.78 is 5.34. The van der Waals surface area contributed by atoms with Crippen LogP contribution in [0.2, 0.25) is 0 Å². The standard InChI is InChI=1S/C17H25BNO4/c1-12-5-6-13(10-20)7-14(12)8-15(19-18-11-21)9-16(22)23-17(2,3)4/h5-7,11,15,19-20H,8-10H2,1-4H3/t15-/m0/s1. The van der Waals surface area contributed by atoms with E-state index in [1.54, 1.807) is 0 Å². The molecule has 5 nitrogen and oxygen atoms in total. The van der Waals surface area contributed by atoms with Crippen LogP contribution in [-0.4, -0.2) is 36.3 Å². The van der Waals surface area contributed by atoms with E-state index < -0.39 is 5.60 Å². The van der Waals surface area contributed by atoms with Crippen LogP contribution in [-0.2, 0) is 27.4 Å². The molecular formula is C17H25BNO4. The summed E-state index contributed by atoms with van der Waals surface area (Å²) in [4.78, 5) is 22.6. The van der Waals surface area contributed by atoms with Crippen LogP contribution >= 0.6 is 0 Å². The lowest BCUT2D eigenvalue weighted by Gasteiger charge is -2.23. The highest BCUT2D eigenvalue weighted by atomic mass is 16.6. The molecule has 1 aromatic carbocycles. The van der Waals surface area contributed by atoms with E-state index in [2.05, 4.69) is 5.23 Å². The summed E-state index contributed by atoms with van der Waals surface area (Å²) >= 11 is 0. The van der Waals surface area contributed by atoms with Crippen LogP contribution in [0.3, 0.4) is 0 Å². The normalized spacial score (nSPS) is 12.6. The first-order chi connectivity index (χ1) is 10.7. The first kappa shape index (κ1) is 19.4. The van der Waals surface area contributed by atoms with Gasteiger partial charge in [-0.05, 0) is 50.8 Å². The number of ether oxygens (including phenoxy) is 1. The van der Waals surface area contributed by atoms with E-state index in [0.717, 1.165) is 16.7 Å². The number of aryl methyl sites for hydroxylation is 1. The highest BCUT2D eigenvalue weighted by Crippen LogP contribution is 2.16. The fraction of sp³-hybridized carbons (Fsp3) is 0.529. The molecule has 6 heteroatoms. The fourth-order valence-corrected chi connectivity index (χ4v) is 2.26. The third-order valence-corrected chi connectivity index (χ3v) is 3.30. The molecule has 2 N–H and O–H groups in total. The second-order valence-electron chi connectivity index (χ2n) is 6.58. The van der Waals surface area contributed by atoms with Gasteiger partial charge in [0, 0.05) is 6.04 Å². The molecule has 1 radical (unpaired) electrons. The largest absolute Gasteiger partial charge is 0.460 e. The van der Waals surface area contributed by atoms with Gasteiger partial charge in [-0.2, -0.15) is 0 Å². The Bertz CT molecular complexity index is 540. The third kappa shape index (κ3) is 7.44. The lowest BCUT2D eigenvalue weighted by molar-refractivity contribution is -0.155. The van der Waals surface area contributed by atoms with Crippen molar-refractivity contribution in [2.75, 3.05) is 0 Å². The monoisotopic (exact) mass is 318 g/mol. The minimum Gasteiger partial charge on any atom is -0.460 e. The molecule has 125 valence electrons. The number of rotatable bonds is 8.